The molecule has 0 unspecified atom stereocenters. The number of benzene rings is 2. The van der Waals surface area contributed by atoms with Gasteiger partial charge in [-0.1, -0.05) is 30.3 Å². The molecule has 2 N–H and O–H groups in total. The maximum absolute atomic E-state index is 12.9. The van der Waals surface area contributed by atoms with Crippen LogP contribution in [0.1, 0.15) is 6.92 Å². The third-order valence-electron chi connectivity index (χ3n) is 6.10. The first-order valence-electron chi connectivity index (χ1n) is 11.9. The molecule has 0 atom stereocenters. The number of methoxy groups -OCH3 is 1. The van der Waals surface area contributed by atoms with Gasteiger partial charge in [0.05, 0.1) is 23.2 Å². The number of rotatable bonds is 8. The number of nitrogens with zero attached hydrogens (tertiary/aromatic N) is 4. The monoisotopic (exact) mass is 542 g/mol. The second kappa shape index (κ2) is 13.0. The summed E-state index contributed by atoms with van der Waals surface area (Å²) in [5.41, 5.74) is 3.71. The highest BCUT2D eigenvalue weighted by atomic mass is 35.5. The molecule has 3 aromatic rings. The zero-order valence-corrected chi connectivity index (χ0v) is 22.1. The first-order valence-corrected chi connectivity index (χ1v) is 12.3. The van der Waals surface area contributed by atoms with Gasteiger partial charge in [0.25, 0.3) is 0 Å². The van der Waals surface area contributed by atoms with E-state index in [2.05, 4.69) is 16.4 Å². The summed E-state index contributed by atoms with van der Waals surface area (Å²) in [6.07, 6.45) is 1.12. The van der Waals surface area contributed by atoms with Crippen molar-refractivity contribution < 1.29 is 24.5 Å². The quantitative estimate of drug-likeness (QED) is 0.415. The molecule has 1 aliphatic heterocycles. The minimum Gasteiger partial charge on any atom is -0.495 e. The Bertz CT molecular complexity index is 1390. The van der Waals surface area contributed by atoms with Crippen LogP contribution in [0.25, 0.3) is 16.7 Å². The Balaban J connectivity index is 0.000000436. The number of ether oxygens (including phenoxy) is 1. The molecule has 0 bridgehead atoms. The van der Waals surface area contributed by atoms with Crippen LogP contribution in [0.3, 0.4) is 0 Å². The van der Waals surface area contributed by atoms with E-state index < -0.39 is 11.9 Å². The van der Waals surface area contributed by atoms with Crippen molar-refractivity contribution >= 4 is 46.0 Å². The van der Waals surface area contributed by atoms with E-state index in [1.165, 1.54) is 0 Å². The minimum atomic E-state index is -1.26. The van der Waals surface area contributed by atoms with Crippen molar-refractivity contribution in [3.05, 3.63) is 76.7 Å². The lowest BCUT2D eigenvalue weighted by Gasteiger charge is -2.36. The van der Waals surface area contributed by atoms with Gasteiger partial charge in [-0.05, 0) is 31.2 Å². The Morgan fingerprint density at radius 2 is 1.61 bits per heavy atom. The van der Waals surface area contributed by atoms with Gasteiger partial charge in [-0.25, -0.2) is 14.4 Å². The molecule has 2 aromatic carbocycles. The van der Waals surface area contributed by atoms with E-state index in [1.54, 1.807) is 11.7 Å². The Hall–Kier alpha value is -4.02. The van der Waals surface area contributed by atoms with Crippen LogP contribution in [0.4, 0.5) is 5.69 Å². The smallest absolute Gasteiger partial charge is 0.333 e. The summed E-state index contributed by atoms with van der Waals surface area (Å²) >= 11 is 6.15. The number of allylic oxidation sites excluding steroid dienone is 1. The number of halogens is 1. The van der Waals surface area contributed by atoms with Gasteiger partial charge in [0, 0.05) is 68.9 Å². The fraction of sp³-hybridized carbons (Fsp3) is 0.296. The number of piperazine rings is 1. The number of hydrogen-bond acceptors (Lipinski definition) is 6. The van der Waals surface area contributed by atoms with E-state index in [1.807, 2.05) is 54.0 Å². The summed E-state index contributed by atoms with van der Waals surface area (Å²) in [4.78, 5) is 36.8. The lowest BCUT2D eigenvalue weighted by atomic mass is 10.2. The number of carboxylic acid groups (broad SMARTS) is 2. The van der Waals surface area contributed by atoms with Gasteiger partial charge in [-0.15, -0.1) is 0 Å². The van der Waals surface area contributed by atoms with Crippen LogP contribution in [0.15, 0.2) is 66.0 Å². The first kappa shape index (κ1) is 28.5. The molecule has 0 saturated carbocycles. The SMILES string of the molecule is C=C(C)n1c(=O)n(CCN2CCN(c3ccc(Cl)c(OC)c3)CC2)c2ccccc21.O=C(O)/C=C/C(=O)O. The molecule has 11 heteroatoms. The number of anilines is 1. The molecule has 0 aliphatic carbocycles. The highest BCUT2D eigenvalue weighted by Crippen LogP contribution is 2.29. The number of para-hydroxylation sites is 2. The van der Waals surface area contributed by atoms with Crippen molar-refractivity contribution in [2.75, 3.05) is 44.7 Å². The Kier molecular flexibility index (Phi) is 9.75. The zero-order chi connectivity index (χ0) is 27.8. The molecule has 0 amide bonds. The molecular formula is C27H31ClN4O6. The topological polar surface area (TPSA) is 117 Å². The van der Waals surface area contributed by atoms with Crippen molar-refractivity contribution in [1.29, 1.82) is 0 Å². The molecule has 1 fully saturated rings. The standard InChI is InChI=1S/C23H27ClN4O2.C4H4O4/c1-17(2)28-21-7-5-4-6-20(21)27(23(28)29)15-12-25-10-13-26(14-11-25)18-8-9-19(24)22(16-18)30-3;5-3(6)1-2-4(7)8/h4-9,16H,1,10-15H2,2-3H3;1-2H,(H,5,6)(H,7,8)/b;2-1+. The molecule has 38 heavy (non-hydrogen) atoms. The number of carbonyl (C=O) groups is 2. The third-order valence-corrected chi connectivity index (χ3v) is 6.41. The second-order valence-electron chi connectivity index (χ2n) is 8.65. The van der Waals surface area contributed by atoms with Crippen LogP contribution in [0, 0.1) is 0 Å². The number of hydrogen-bond donors (Lipinski definition) is 2. The number of aliphatic carboxylic acids is 2. The Morgan fingerprint density at radius 3 is 2.16 bits per heavy atom. The highest BCUT2D eigenvalue weighted by molar-refractivity contribution is 6.32. The molecule has 1 aromatic heterocycles. The number of carboxylic acids is 2. The van der Waals surface area contributed by atoms with Crippen molar-refractivity contribution in [2.24, 2.45) is 0 Å². The minimum absolute atomic E-state index is 0.0180. The van der Waals surface area contributed by atoms with Crippen LogP contribution in [-0.4, -0.2) is 76.0 Å². The average Bonchev–Trinajstić information content (AvgIpc) is 3.18. The summed E-state index contributed by atoms with van der Waals surface area (Å²) in [5.74, 6) is -1.82. The molecule has 0 radical (unpaired) electrons. The Labute approximate surface area is 225 Å². The van der Waals surface area contributed by atoms with Crippen molar-refractivity contribution in [3.63, 3.8) is 0 Å². The summed E-state index contributed by atoms with van der Waals surface area (Å²) in [7, 11) is 1.63. The fourth-order valence-corrected chi connectivity index (χ4v) is 4.45. The predicted molar refractivity (Wildman–Crippen MR) is 148 cm³/mol. The molecule has 2 heterocycles. The van der Waals surface area contributed by atoms with Crippen LogP contribution >= 0.6 is 11.6 Å². The van der Waals surface area contributed by atoms with Crippen molar-refractivity contribution in [1.82, 2.24) is 14.0 Å². The first-order chi connectivity index (χ1) is 18.1. The molecule has 1 aliphatic rings. The lowest BCUT2D eigenvalue weighted by Crippen LogP contribution is -2.47. The van der Waals surface area contributed by atoms with Gasteiger partial charge in [-0.2, -0.15) is 0 Å². The summed E-state index contributed by atoms with van der Waals surface area (Å²) in [5, 5.41) is 16.2. The van der Waals surface area contributed by atoms with E-state index in [-0.39, 0.29) is 5.69 Å². The maximum atomic E-state index is 12.9. The third kappa shape index (κ3) is 7.05. The van der Waals surface area contributed by atoms with E-state index in [0.717, 1.165) is 55.1 Å². The molecule has 4 rings (SSSR count). The van der Waals surface area contributed by atoms with Crippen LogP contribution < -0.4 is 15.3 Å². The summed E-state index contributed by atoms with van der Waals surface area (Å²) < 4.78 is 8.90. The molecule has 10 nitrogen and oxygen atoms in total. The molecule has 1 saturated heterocycles. The van der Waals surface area contributed by atoms with Gasteiger partial charge >= 0.3 is 17.6 Å². The van der Waals surface area contributed by atoms with Gasteiger partial charge in [0.1, 0.15) is 5.75 Å². The van der Waals surface area contributed by atoms with E-state index in [0.29, 0.717) is 29.5 Å². The van der Waals surface area contributed by atoms with Crippen molar-refractivity contribution in [3.8, 4) is 5.75 Å². The van der Waals surface area contributed by atoms with E-state index >= 15 is 0 Å². The van der Waals surface area contributed by atoms with Crippen LogP contribution in [0.2, 0.25) is 5.02 Å². The van der Waals surface area contributed by atoms with Gasteiger partial charge in [0.15, 0.2) is 0 Å². The lowest BCUT2D eigenvalue weighted by molar-refractivity contribution is -0.134. The van der Waals surface area contributed by atoms with Crippen LogP contribution in [-0.2, 0) is 16.1 Å². The highest BCUT2D eigenvalue weighted by Gasteiger charge is 2.19. The fourth-order valence-electron chi connectivity index (χ4n) is 4.25. The number of fused-ring (bicyclic) bond motifs is 1. The largest absolute Gasteiger partial charge is 0.495 e. The van der Waals surface area contributed by atoms with Gasteiger partial charge in [-0.3, -0.25) is 14.0 Å². The number of aromatic nitrogens is 2. The summed E-state index contributed by atoms with van der Waals surface area (Å²) in [6.45, 7) is 11.1. The molecule has 202 valence electrons. The van der Waals surface area contributed by atoms with Crippen molar-refractivity contribution in [2.45, 2.75) is 13.5 Å². The summed E-state index contributed by atoms with van der Waals surface area (Å²) in [6, 6.07) is 13.8. The zero-order valence-electron chi connectivity index (χ0n) is 21.3. The van der Waals surface area contributed by atoms with Gasteiger partial charge < -0.3 is 19.8 Å². The normalized spacial score (nSPS) is 13.8. The van der Waals surface area contributed by atoms with Gasteiger partial charge in [0.2, 0.25) is 0 Å². The number of imidazole rings is 1. The molecule has 0 spiro atoms. The Morgan fingerprint density at radius 1 is 1.00 bits per heavy atom. The molecular weight excluding hydrogens is 512 g/mol. The van der Waals surface area contributed by atoms with E-state index in [9.17, 15) is 14.4 Å². The van der Waals surface area contributed by atoms with E-state index in [4.69, 9.17) is 26.6 Å². The maximum Gasteiger partial charge on any atom is 0.333 e. The van der Waals surface area contributed by atoms with Crippen LogP contribution in [0.5, 0.6) is 5.75 Å². The predicted octanol–water partition coefficient (Wildman–Crippen LogP) is 3.49. The average molecular weight is 543 g/mol. The second-order valence-corrected chi connectivity index (χ2v) is 9.06.